The second-order valence-electron chi connectivity index (χ2n) is 4.33. The van der Waals surface area contributed by atoms with E-state index in [-0.39, 0.29) is 0 Å². The maximum Gasteiger partial charge on any atom is 0.0993 e. The van der Waals surface area contributed by atoms with Crippen molar-refractivity contribution in [2.24, 2.45) is 11.8 Å². The minimum Gasteiger partial charge on any atom is -0.494 e. The summed E-state index contributed by atoms with van der Waals surface area (Å²) in [6.07, 6.45) is 1.53. The lowest BCUT2D eigenvalue weighted by Crippen LogP contribution is -2.01. The van der Waals surface area contributed by atoms with Gasteiger partial charge in [0.25, 0.3) is 0 Å². The average molecular weight is 168 g/mol. The smallest absolute Gasteiger partial charge is 0.0993 e. The lowest BCUT2D eigenvalue weighted by atomic mass is 9.95. The quantitative estimate of drug-likeness (QED) is 0.614. The zero-order valence-corrected chi connectivity index (χ0v) is 8.85. The van der Waals surface area contributed by atoms with Gasteiger partial charge >= 0.3 is 0 Å². The van der Waals surface area contributed by atoms with Crippen LogP contribution >= 0.6 is 0 Å². The Kier molecular flexibility index (Phi) is 2.81. The topological polar surface area (TPSA) is 9.23 Å². The summed E-state index contributed by atoms with van der Waals surface area (Å²) in [6.45, 7) is 11.1. The minimum atomic E-state index is 0.403. The standard InChI is InChI=1S/C11H20O/c1-7(2)10-6-9(5)12-11(10)8(3)4/h7-9H,6H2,1-5H3. The van der Waals surface area contributed by atoms with Crippen molar-refractivity contribution in [3.05, 3.63) is 11.3 Å². The van der Waals surface area contributed by atoms with Crippen LogP contribution < -0.4 is 0 Å². The van der Waals surface area contributed by atoms with Gasteiger partial charge in [-0.1, -0.05) is 27.7 Å². The summed E-state index contributed by atoms with van der Waals surface area (Å²) in [5, 5.41) is 0. The van der Waals surface area contributed by atoms with E-state index in [0.717, 1.165) is 6.42 Å². The molecular weight excluding hydrogens is 148 g/mol. The van der Waals surface area contributed by atoms with Gasteiger partial charge in [-0.05, 0) is 18.4 Å². The van der Waals surface area contributed by atoms with E-state index in [4.69, 9.17) is 4.74 Å². The molecule has 0 saturated carbocycles. The monoisotopic (exact) mass is 168 g/mol. The summed E-state index contributed by atoms with van der Waals surface area (Å²) >= 11 is 0. The van der Waals surface area contributed by atoms with Crippen LogP contribution in [0.25, 0.3) is 0 Å². The Morgan fingerprint density at radius 1 is 1.17 bits per heavy atom. The second-order valence-corrected chi connectivity index (χ2v) is 4.33. The van der Waals surface area contributed by atoms with Crippen molar-refractivity contribution >= 4 is 0 Å². The molecule has 0 amide bonds. The molecule has 1 unspecified atom stereocenters. The fourth-order valence-corrected chi connectivity index (χ4v) is 1.77. The molecule has 1 heteroatoms. The van der Waals surface area contributed by atoms with Crippen molar-refractivity contribution in [3.8, 4) is 0 Å². The third-order valence-corrected chi connectivity index (χ3v) is 2.37. The summed E-state index contributed by atoms with van der Waals surface area (Å²) in [6, 6.07) is 0. The normalized spacial score (nSPS) is 24.1. The van der Waals surface area contributed by atoms with Crippen molar-refractivity contribution < 1.29 is 4.74 Å². The van der Waals surface area contributed by atoms with Crippen molar-refractivity contribution in [3.63, 3.8) is 0 Å². The van der Waals surface area contributed by atoms with Crippen LogP contribution in [0.2, 0.25) is 0 Å². The maximum absolute atomic E-state index is 5.78. The average Bonchev–Trinajstić information content (AvgIpc) is 2.31. The highest BCUT2D eigenvalue weighted by Crippen LogP contribution is 2.33. The lowest BCUT2D eigenvalue weighted by Gasteiger charge is -2.12. The number of rotatable bonds is 2. The van der Waals surface area contributed by atoms with Gasteiger partial charge in [-0.25, -0.2) is 0 Å². The van der Waals surface area contributed by atoms with Crippen LogP contribution in [-0.4, -0.2) is 6.10 Å². The van der Waals surface area contributed by atoms with E-state index in [1.807, 2.05) is 0 Å². The van der Waals surface area contributed by atoms with Gasteiger partial charge in [-0.15, -0.1) is 0 Å². The molecule has 12 heavy (non-hydrogen) atoms. The van der Waals surface area contributed by atoms with Gasteiger partial charge in [-0.2, -0.15) is 0 Å². The zero-order valence-electron chi connectivity index (χ0n) is 8.85. The maximum atomic E-state index is 5.78. The van der Waals surface area contributed by atoms with E-state index in [0.29, 0.717) is 17.9 Å². The van der Waals surface area contributed by atoms with Crippen LogP contribution in [0.3, 0.4) is 0 Å². The number of hydrogen-bond donors (Lipinski definition) is 0. The molecule has 0 bridgehead atoms. The third-order valence-electron chi connectivity index (χ3n) is 2.37. The largest absolute Gasteiger partial charge is 0.494 e. The molecule has 0 aromatic heterocycles. The predicted octanol–water partition coefficient (Wildman–Crippen LogP) is 3.36. The van der Waals surface area contributed by atoms with E-state index >= 15 is 0 Å². The van der Waals surface area contributed by atoms with Crippen LogP contribution in [0.15, 0.2) is 11.3 Å². The molecular formula is C11H20O. The van der Waals surface area contributed by atoms with Crippen molar-refractivity contribution in [2.75, 3.05) is 0 Å². The predicted molar refractivity (Wildman–Crippen MR) is 51.9 cm³/mol. The van der Waals surface area contributed by atoms with E-state index in [1.165, 1.54) is 11.3 Å². The van der Waals surface area contributed by atoms with Gasteiger partial charge in [0, 0.05) is 12.3 Å². The van der Waals surface area contributed by atoms with Crippen LogP contribution in [0.1, 0.15) is 41.0 Å². The highest BCUT2D eigenvalue weighted by atomic mass is 16.5. The van der Waals surface area contributed by atoms with Gasteiger partial charge < -0.3 is 4.74 Å². The molecule has 1 aliphatic rings. The first kappa shape index (κ1) is 9.63. The molecule has 0 spiro atoms. The van der Waals surface area contributed by atoms with Crippen LogP contribution in [0, 0.1) is 11.8 Å². The second kappa shape index (κ2) is 3.51. The van der Waals surface area contributed by atoms with Gasteiger partial charge in [0.1, 0.15) is 0 Å². The molecule has 70 valence electrons. The highest BCUT2D eigenvalue weighted by molar-refractivity contribution is 5.18. The summed E-state index contributed by atoms with van der Waals surface area (Å²) < 4.78 is 5.78. The van der Waals surface area contributed by atoms with E-state index in [2.05, 4.69) is 34.6 Å². The molecule has 1 rings (SSSR count). The number of ether oxygens (including phenoxy) is 1. The SMILES string of the molecule is CC1CC(C(C)C)=C(C(C)C)O1. The minimum absolute atomic E-state index is 0.403. The van der Waals surface area contributed by atoms with Crippen molar-refractivity contribution in [2.45, 2.75) is 47.1 Å². The summed E-state index contributed by atoms with van der Waals surface area (Å²) in [7, 11) is 0. The van der Waals surface area contributed by atoms with Crippen molar-refractivity contribution in [1.82, 2.24) is 0 Å². The molecule has 0 radical (unpaired) electrons. The molecule has 1 nitrogen and oxygen atoms in total. The Balaban J connectivity index is 2.81. The Bertz CT molecular complexity index is 169. The van der Waals surface area contributed by atoms with Gasteiger partial charge in [0.15, 0.2) is 0 Å². The fraction of sp³-hybridized carbons (Fsp3) is 0.818. The van der Waals surface area contributed by atoms with Gasteiger partial charge in [-0.3, -0.25) is 0 Å². The van der Waals surface area contributed by atoms with Crippen LogP contribution in [0.5, 0.6) is 0 Å². The first-order valence-electron chi connectivity index (χ1n) is 4.92. The first-order chi connectivity index (χ1) is 5.52. The molecule has 0 saturated heterocycles. The van der Waals surface area contributed by atoms with Crippen LogP contribution in [-0.2, 0) is 4.74 Å². The summed E-state index contributed by atoms with van der Waals surface area (Å²) in [4.78, 5) is 0. The molecule has 0 aromatic carbocycles. The number of allylic oxidation sites excluding steroid dienone is 1. The Hall–Kier alpha value is -0.460. The first-order valence-corrected chi connectivity index (χ1v) is 4.92. The molecule has 1 aliphatic heterocycles. The number of hydrogen-bond acceptors (Lipinski definition) is 1. The third kappa shape index (κ3) is 1.82. The molecule has 1 heterocycles. The summed E-state index contributed by atoms with van der Waals surface area (Å²) in [5.74, 6) is 2.44. The molecule has 0 N–H and O–H groups in total. The van der Waals surface area contributed by atoms with E-state index < -0.39 is 0 Å². The van der Waals surface area contributed by atoms with Gasteiger partial charge in [0.05, 0.1) is 11.9 Å². The Morgan fingerprint density at radius 2 is 1.75 bits per heavy atom. The Labute approximate surface area is 75.8 Å². The van der Waals surface area contributed by atoms with E-state index in [1.54, 1.807) is 0 Å². The molecule has 1 atom stereocenters. The molecule has 0 aliphatic carbocycles. The highest BCUT2D eigenvalue weighted by Gasteiger charge is 2.25. The van der Waals surface area contributed by atoms with Gasteiger partial charge in [0.2, 0.25) is 0 Å². The lowest BCUT2D eigenvalue weighted by molar-refractivity contribution is 0.140. The Morgan fingerprint density at radius 3 is 2.08 bits per heavy atom. The molecule has 0 fully saturated rings. The molecule has 0 aromatic rings. The fourth-order valence-electron chi connectivity index (χ4n) is 1.77. The summed E-state index contributed by atoms with van der Waals surface area (Å²) in [5.41, 5.74) is 1.53. The van der Waals surface area contributed by atoms with E-state index in [9.17, 15) is 0 Å². The van der Waals surface area contributed by atoms with Crippen molar-refractivity contribution in [1.29, 1.82) is 0 Å². The van der Waals surface area contributed by atoms with Crippen LogP contribution in [0.4, 0.5) is 0 Å². The zero-order chi connectivity index (χ0) is 9.30.